The van der Waals surface area contributed by atoms with Crippen molar-refractivity contribution in [2.75, 3.05) is 39.8 Å². The Balaban J connectivity index is 1.76. The number of ether oxygens (including phenoxy) is 1. The van der Waals surface area contributed by atoms with Crippen LogP contribution in [0.15, 0.2) is 24.3 Å². The molecular weight excluding hydrogens is 318 g/mol. The van der Waals surface area contributed by atoms with Gasteiger partial charge in [0, 0.05) is 38.8 Å². The van der Waals surface area contributed by atoms with Crippen LogP contribution in [0.1, 0.15) is 25.8 Å². The molecule has 1 aliphatic rings. The SMILES string of the molecule is CC[C@H]1CN(CC(=O)NCc2ccc(OC)cc2)CCN1C[C@H](C)O. The van der Waals surface area contributed by atoms with Gasteiger partial charge in [-0.3, -0.25) is 14.6 Å². The number of aliphatic hydroxyl groups is 1. The first kappa shape index (κ1) is 19.7. The summed E-state index contributed by atoms with van der Waals surface area (Å²) in [6, 6.07) is 8.11. The van der Waals surface area contributed by atoms with Crippen LogP contribution in [-0.2, 0) is 11.3 Å². The summed E-state index contributed by atoms with van der Waals surface area (Å²) in [6.07, 6.45) is 0.713. The van der Waals surface area contributed by atoms with Gasteiger partial charge < -0.3 is 15.2 Å². The maximum atomic E-state index is 12.2. The van der Waals surface area contributed by atoms with E-state index in [2.05, 4.69) is 22.0 Å². The van der Waals surface area contributed by atoms with E-state index in [9.17, 15) is 9.90 Å². The normalized spacial score (nSPS) is 20.2. The van der Waals surface area contributed by atoms with E-state index in [1.54, 1.807) is 7.11 Å². The highest BCUT2D eigenvalue weighted by atomic mass is 16.5. The Hall–Kier alpha value is -1.63. The molecular formula is C19H31N3O3. The van der Waals surface area contributed by atoms with Gasteiger partial charge in [0.25, 0.3) is 0 Å². The molecule has 0 bridgehead atoms. The minimum absolute atomic E-state index is 0.0506. The lowest BCUT2D eigenvalue weighted by atomic mass is 10.1. The predicted octanol–water partition coefficient (Wildman–Crippen LogP) is 1.09. The van der Waals surface area contributed by atoms with Gasteiger partial charge in [0.1, 0.15) is 5.75 Å². The topological polar surface area (TPSA) is 65.0 Å². The summed E-state index contributed by atoms with van der Waals surface area (Å²) >= 11 is 0. The monoisotopic (exact) mass is 349 g/mol. The molecule has 1 saturated heterocycles. The van der Waals surface area contributed by atoms with Crippen LogP contribution < -0.4 is 10.1 Å². The third kappa shape index (κ3) is 6.30. The van der Waals surface area contributed by atoms with Crippen LogP contribution in [0.5, 0.6) is 5.75 Å². The average molecular weight is 349 g/mol. The number of benzene rings is 1. The highest BCUT2D eigenvalue weighted by Gasteiger charge is 2.27. The number of carbonyl (C=O) groups is 1. The smallest absolute Gasteiger partial charge is 0.234 e. The molecule has 1 aromatic carbocycles. The number of nitrogens with one attached hydrogen (secondary N) is 1. The van der Waals surface area contributed by atoms with Gasteiger partial charge in [-0.15, -0.1) is 0 Å². The van der Waals surface area contributed by atoms with E-state index in [-0.39, 0.29) is 12.0 Å². The van der Waals surface area contributed by atoms with Gasteiger partial charge in [0.15, 0.2) is 0 Å². The molecule has 2 N–H and O–H groups in total. The average Bonchev–Trinajstić information content (AvgIpc) is 2.61. The molecule has 1 amide bonds. The standard InChI is InChI=1S/C19H31N3O3/c1-4-17-13-21(9-10-22(17)12-15(2)23)14-19(24)20-11-16-5-7-18(25-3)8-6-16/h5-8,15,17,23H,4,9-14H2,1-3H3,(H,20,24)/t15-,17-/m0/s1. The second-order valence-corrected chi connectivity index (χ2v) is 6.77. The summed E-state index contributed by atoms with van der Waals surface area (Å²) in [7, 11) is 1.64. The molecule has 25 heavy (non-hydrogen) atoms. The van der Waals surface area contributed by atoms with Crippen LogP contribution in [0.25, 0.3) is 0 Å². The second kappa shape index (κ2) is 9.75. The lowest BCUT2D eigenvalue weighted by Crippen LogP contribution is -2.55. The fourth-order valence-corrected chi connectivity index (χ4v) is 3.27. The lowest BCUT2D eigenvalue weighted by molar-refractivity contribution is -0.123. The number of hydrogen-bond donors (Lipinski definition) is 2. The number of β-amino-alcohol motifs (C(OH)–C–C–N with tert-alkyl or cyclic N) is 1. The number of nitrogens with zero attached hydrogens (tertiary/aromatic N) is 2. The molecule has 6 nitrogen and oxygen atoms in total. The Bertz CT molecular complexity index is 533. The van der Waals surface area contributed by atoms with Crippen LogP contribution in [0.3, 0.4) is 0 Å². The van der Waals surface area contributed by atoms with E-state index < -0.39 is 0 Å². The Kier molecular flexibility index (Phi) is 7.68. The summed E-state index contributed by atoms with van der Waals surface area (Å²) in [5, 5.41) is 12.6. The van der Waals surface area contributed by atoms with E-state index in [0.29, 0.717) is 25.7 Å². The van der Waals surface area contributed by atoms with E-state index in [4.69, 9.17) is 4.74 Å². The van der Waals surface area contributed by atoms with Crippen LogP contribution in [0.4, 0.5) is 0 Å². The summed E-state index contributed by atoms with van der Waals surface area (Å²) < 4.78 is 5.13. The molecule has 0 aromatic heterocycles. The molecule has 2 rings (SSSR count). The van der Waals surface area contributed by atoms with Gasteiger partial charge in [-0.1, -0.05) is 19.1 Å². The van der Waals surface area contributed by atoms with Gasteiger partial charge in [0.2, 0.25) is 5.91 Å². The van der Waals surface area contributed by atoms with E-state index in [1.165, 1.54) is 0 Å². The van der Waals surface area contributed by atoms with Crippen molar-refractivity contribution in [1.29, 1.82) is 0 Å². The molecule has 0 spiro atoms. The van der Waals surface area contributed by atoms with Crippen molar-refractivity contribution in [1.82, 2.24) is 15.1 Å². The molecule has 2 atom stereocenters. The Labute approximate surface area is 150 Å². The maximum absolute atomic E-state index is 12.2. The summed E-state index contributed by atoms with van der Waals surface area (Å²) in [4.78, 5) is 16.8. The molecule has 0 saturated carbocycles. The molecule has 6 heteroatoms. The fourth-order valence-electron chi connectivity index (χ4n) is 3.27. The molecule has 1 fully saturated rings. The zero-order valence-electron chi connectivity index (χ0n) is 15.6. The highest BCUT2D eigenvalue weighted by Crippen LogP contribution is 2.14. The van der Waals surface area contributed by atoms with Crippen molar-refractivity contribution < 1.29 is 14.6 Å². The lowest BCUT2D eigenvalue weighted by Gasteiger charge is -2.41. The van der Waals surface area contributed by atoms with Crippen molar-refractivity contribution in [2.45, 2.75) is 39.0 Å². The molecule has 0 aliphatic carbocycles. The van der Waals surface area contributed by atoms with Crippen LogP contribution >= 0.6 is 0 Å². The number of carbonyl (C=O) groups excluding carboxylic acids is 1. The van der Waals surface area contributed by atoms with Crippen molar-refractivity contribution in [3.05, 3.63) is 29.8 Å². The number of hydrogen-bond acceptors (Lipinski definition) is 5. The quantitative estimate of drug-likeness (QED) is 0.735. The number of aliphatic hydroxyl groups excluding tert-OH is 1. The summed E-state index contributed by atoms with van der Waals surface area (Å²) in [5.74, 6) is 0.866. The van der Waals surface area contributed by atoms with Crippen LogP contribution in [0, 0.1) is 0 Å². The Morgan fingerprint density at radius 1 is 1.36 bits per heavy atom. The van der Waals surface area contributed by atoms with Gasteiger partial charge in [0.05, 0.1) is 19.8 Å². The first-order valence-electron chi connectivity index (χ1n) is 9.06. The van der Waals surface area contributed by atoms with Crippen LogP contribution in [0.2, 0.25) is 0 Å². The van der Waals surface area contributed by atoms with Gasteiger partial charge in [-0.25, -0.2) is 0 Å². The van der Waals surface area contributed by atoms with Crippen molar-refractivity contribution in [2.24, 2.45) is 0 Å². The van der Waals surface area contributed by atoms with Crippen LogP contribution in [-0.4, -0.2) is 72.8 Å². The van der Waals surface area contributed by atoms with E-state index in [1.807, 2.05) is 31.2 Å². The minimum Gasteiger partial charge on any atom is -0.497 e. The van der Waals surface area contributed by atoms with E-state index >= 15 is 0 Å². The summed E-state index contributed by atoms with van der Waals surface area (Å²) in [5.41, 5.74) is 1.06. The van der Waals surface area contributed by atoms with Crippen molar-refractivity contribution >= 4 is 5.91 Å². The molecule has 140 valence electrons. The summed E-state index contributed by atoms with van der Waals surface area (Å²) in [6.45, 7) is 8.28. The predicted molar refractivity (Wildman–Crippen MR) is 98.6 cm³/mol. The first-order valence-corrected chi connectivity index (χ1v) is 9.06. The molecule has 1 aromatic rings. The number of amides is 1. The third-order valence-electron chi connectivity index (χ3n) is 4.67. The maximum Gasteiger partial charge on any atom is 0.234 e. The Morgan fingerprint density at radius 2 is 2.08 bits per heavy atom. The third-order valence-corrected chi connectivity index (χ3v) is 4.67. The van der Waals surface area contributed by atoms with Crippen molar-refractivity contribution in [3.63, 3.8) is 0 Å². The zero-order chi connectivity index (χ0) is 18.2. The van der Waals surface area contributed by atoms with Gasteiger partial charge in [-0.05, 0) is 31.0 Å². The van der Waals surface area contributed by atoms with Crippen molar-refractivity contribution in [3.8, 4) is 5.75 Å². The van der Waals surface area contributed by atoms with E-state index in [0.717, 1.165) is 37.4 Å². The molecule has 1 heterocycles. The first-order chi connectivity index (χ1) is 12.0. The minimum atomic E-state index is -0.312. The fraction of sp³-hybridized carbons (Fsp3) is 0.632. The highest BCUT2D eigenvalue weighted by molar-refractivity contribution is 5.78. The molecule has 0 unspecified atom stereocenters. The second-order valence-electron chi connectivity index (χ2n) is 6.77. The zero-order valence-corrected chi connectivity index (χ0v) is 15.6. The number of methoxy groups -OCH3 is 1. The van der Waals surface area contributed by atoms with Gasteiger partial charge >= 0.3 is 0 Å². The van der Waals surface area contributed by atoms with Gasteiger partial charge in [-0.2, -0.15) is 0 Å². The largest absolute Gasteiger partial charge is 0.497 e. The number of piperazine rings is 1. The molecule has 0 radical (unpaired) electrons. The Morgan fingerprint density at radius 3 is 2.68 bits per heavy atom. The molecule has 1 aliphatic heterocycles. The number of rotatable bonds is 8.